The second-order valence-electron chi connectivity index (χ2n) is 5.95. The molecule has 2 aromatic rings. The van der Waals surface area contributed by atoms with E-state index in [0.29, 0.717) is 17.6 Å². The molecule has 1 unspecified atom stereocenters. The van der Waals surface area contributed by atoms with Crippen LogP contribution in [-0.4, -0.2) is 29.4 Å². The predicted octanol–water partition coefficient (Wildman–Crippen LogP) is 3.24. The number of carbonyl (C=O) groups is 2. The maximum atomic E-state index is 12.5. The Morgan fingerprint density at radius 3 is 2.67 bits per heavy atom. The molecule has 0 spiro atoms. The molecule has 1 aliphatic heterocycles. The quantitative estimate of drug-likeness (QED) is 0.885. The Bertz CT molecular complexity index is 853. The highest BCUT2D eigenvalue weighted by atomic mass is 19.4. The highest BCUT2D eigenvalue weighted by Crippen LogP contribution is 2.33. The first-order valence-corrected chi connectivity index (χ1v) is 8.16. The van der Waals surface area contributed by atoms with Crippen molar-refractivity contribution in [3.05, 3.63) is 48.2 Å². The van der Waals surface area contributed by atoms with Gasteiger partial charge in [-0.2, -0.15) is 13.2 Å². The van der Waals surface area contributed by atoms with Gasteiger partial charge in [-0.05, 0) is 31.2 Å². The van der Waals surface area contributed by atoms with Crippen LogP contribution in [0.15, 0.2) is 42.6 Å². The number of para-hydroxylation sites is 2. The van der Waals surface area contributed by atoms with Crippen molar-refractivity contribution in [3.63, 3.8) is 0 Å². The van der Waals surface area contributed by atoms with E-state index in [-0.39, 0.29) is 24.7 Å². The molecule has 1 atom stereocenters. The zero-order valence-electron chi connectivity index (χ0n) is 14.3. The molecule has 0 saturated heterocycles. The Hall–Kier alpha value is -3.10. The lowest BCUT2D eigenvalue weighted by atomic mass is 10.1. The zero-order chi connectivity index (χ0) is 19.6. The van der Waals surface area contributed by atoms with Gasteiger partial charge in [-0.25, -0.2) is 4.98 Å². The number of amides is 2. The SMILES string of the molecule is CC1Oc2ccccc2N(CCC(=O)Nc2ccc(C(F)(F)F)cn2)C1=O. The highest BCUT2D eigenvalue weighted by Gasteiger charge is 2.32. The Labute approximate surface area is 152 Å². The van der Waals surface area contributed by atoms with E-state index in [1.54, 1.807) is 31.2 Å². The van der Waals surface area contributed by atoms with Gasteiger partial charge in [0.2, 0.25) is 5.91 Å². The summed E-state index contributed by atoms with van der Waals surface area (Å²) in [6.45, 7) is 1.73. The fraction of sp³-hybridized carbons (Fsp3) is 0.278. The van der Waals surface area contributed by atoms with Gasteiger partial charge in [0.15, 0.2) is 6.10 Å². The summed E-state index contributed by atoms with van der Waals surface area (Å²) >= 11 is 0. The molecule has 0 saturated carbocycles. The van der Waals surface area contributed by atoms with Gasteiger partial charge in [-0.1, -0.05) is 12.1 Å². The number of aromatic nitrogens is 1. The number of alkyl halides is 3. The first-order chi connectivity index (χ1) is 12.8. The van der Waals surface area contributed by atoms with Crippen molar-refractivity contribution < 1.29 is 27.5 Å². The maximum Gasteiger partial charge on any atom is 0.417 e. The van der Waals surface area contributed by atoms with Crippen molar-refractivity contribution in [2.24, 2.45) is 0 Å². The number of halogens is 3. The lowest BCUT2D eigenvalue weighted by molar-refractivity contribution is -0.137. The summed E-state index contributed by atoms with van der Waals surface area (Å²) in [4.78, 5) is 29.5. The normalized spacial score (nSPS) is 16.5. The summed E-state index contributed by atoms with van der Waals surface area (Å²) in [5.41, 5.74) is -0.328. The summed E-state index contributed by atoms with van der Waals surface area (Å²) < 4.78 is 43.1. The summed E-state index contributed by atoms with van der Waals surface area (Å²) in [6, 6.07) is 8.91. The van der Waals surface area contributed by atoms with Crippen molar-refractivity contribution >= 4 is 23.3 Å². The van der Waals surface area contributed by atoms with Gasteiger partial charge in [0, 0.05) is 19.2 Å². The number of hydrogen-bond acceptors (Lipinski definition) is 4. The summed E-state index contributed by atoms with van der Waals surface area (Å²) in [5.74, 6) is -0.176. The van der Waals surface area contributed by atoms with E-state index < -0.39 is 23.8 Å². The van der Waals surface area contributed by atoms with Crippen molar-refractivity contribution in [1.29, 1.82) is 0 Å². The monoisotopic (exact) mass is 379 g/mol. The van der Waals surface area contributed by atoms with E-state index in [1.165, 1.54) is 4.90 Å². The number of ether oxygens (including phenoxy) is 1. The largest absolute Gasteiger partial charge is 0.479 e. The minimum Gasteiger partial charge on any atom is -0.479 e. The number of pyridine rings is 1. The van der Waals surface area contributed by atoms with Gasteiger partial charge in [0.25, 0.3) is 5.91 Å². The summed E-state index contributed by atoms with van der Waals surface area (Å²) in [7, 11) is 0. The molecule has 0 aliphatic carbocycles. The van der Waals surface area contributed by atoms with E-state index in [2.05, 4.69) is 10.3 Å². The van der Waals surface area contributed by atoms with Crippen molar-refractivity contribution in [2.75, 3.05) is 16.8 Å². The number of rotatable bonds is 4. The fourth-order valence-corrected chi connectivity index (χ4v) is 2.64. The number of nitrogens with zero attached hydrogens (tertiary/aromatic N) is 2. The van der Waals surface area contributed by atoms with Gasteiger partial charge >= 0.3 is 6.18 Å². The molecular formula is C18H16F3N3O3. The van der Waals surface area contributed by atoms with E-state index in [4.69, 9.17) is 4.74 Å². The molecule has 1 aromatic heterocycles. The van der Waals surface area contributed by atoms with Crippen LogP contribution in [0.5, 0.6) is 5.75 Å². The van der Waals surface area contributed by atoms with Crippen molar-refractivity contribution in [1.82, 2.24) is 4.98 Å². The summed E-state index contributed by atoms with van der Waals surface area (Å²) in [6.07, 6.45) is -4.55. The molecule has 27 heavy (non-hydrogen) atoms. The Morgan fingerprint density at radius 1 is 1.26 bits per heavy atom. The van der Waals surface area contributed by atoms with Crippen LogP contribution in [0, 0.1) is 0 Å². The molecule has 6 nitrogen and oxygen atoms in total. The standard InChI is InChI=1S/C18H16F3N3O3/c1-11-17(26)24(13-4-2-3-5-14(13)27-11)9-8-16(25)23-15-7-6-12(10-22-15)18(19,20)21/h2-7,10-11H,8-9H2,1H3,(H,22,23,25). The first-order valence-electron chi connectivity index (χ1n) is 8.16. The van der Waals surface area contributed by atoms with E-state index >= 15 is 0 Å². The van der Waals surface area contributed by atoms with Gasteiger partial charge in [0.1, 0.15) is 11.6 Å². The van der Waals surface area contributed by atoms with Crippen LogP contribution in [0.1, 0.15) is 18.9 Å². The molecule has 2 heterocycles. The third kappa shape index (κ3) is 4.18. The molecule has 1 aliphatic rings. The maximum absolute atomic E-state index is 12.5. The lowest BCUT2D eigenvalue weighted by Gasteiger charge is -2.32. The third-order valence-electron chi connectivity index (χ3n) is 3.99. The number of anilines is 2. The molecule has 3 rings (SSSR count). The molecule has 0 radical (unpaired) electrons. The van der Waals surface area contributed by atoms with E-state index in [0.717, 1.165) is 12.1 Å². The van der Waals surface area contributed by atoms with Crippen LogP contribution in [0.3, 0.4) is 0 Å². The third-order valence-corrected chi connectivity index (χ3v) is 3.99. The molecule has 9 heteroatoms. The van der Waals surface area contributed by atoms with Crippen LogP contribution in [0.4, 0.5) is 24.7 Å². The van der Waals surface area contributed by atoms with Crippen LogP contribution >= 0.6 is 0 Å². The Morgan fingerprint density at radius 2 is 2.00 bits per heavy atom. The number of benzene rings is 1. The molecule has 2 amide bonds. The van der Waals surface area contributed by atoms with Crippen molar-refractivity contribution in [3.8, 4) is 5.75 Å². The molecule has 0 bridgehead atoms. The second-order valence-corrected chi connectivity index (χ2v) is 5.95. The second kappa shape index (κ2) is 7.26. The van der Waals surface area contributed by atoms with Gasteiger partial charge in [0.05, 0.1) is 11.3 Å². The Kier molecular flexibility index (Phi) is 5.02. The number of nitrogens with one attached hydrogen (secondary N) is 1. The first kappa shape index (κ1) is 18.7. The van der Waals surface area contributed by atoms with Gasteiger partial charge in [-0.3, -0.25) is 9.59 Å². The molecule has 0 fully saturated rings. The molecular weight excluding hydrogens is 363 g/mol. The zero-order valence-corrected chi connectivity index (χ0v) is 14.3. The number of fused-ring (bicyclic) bond motifs is 1. The van der Waals surface area contributed by atoms with Gasteiger partial charge < -0.3 is 15.0 Å². The van der Waals surface area contributed by atoms with Crippen LogP contribution in [0.2, 0.25) is 0 Å². The topological polar surface area (TPSA) is 71.5 Å². The minimum atomic E-state index is -4.49. The summed E-state index contributed by atoms with van der Waals surface area (Å²) in [5, 5.41) is 2.42. The Balaban J connectivity index is 1.63. The molecule has 1 N–H and O–H groups in total. The van der Waals surface area contributed by atoms with Crippen molar-refractivity contribution in [2.45, 2.75) is 25.6 Å². The van der Waals surface area contributed by atoms with Crippen LogP contribution in [0.25, 0.3) is 0 Å². The van der Waals surface area contributed by atoms with E-state index in [1.807, 2.05) is 0 Å². The minimum absolute atomic E-state index is 0.00933. The number of hydrogen-bond donors (Lipinski definition) is 1. The number of carbonyl (C=O) groups excluding carboxylic acids is 2. The average Bonchev–Trinajstić information content (AvgIpc) is 2.62. The smallest absolute Gasteiger partial charge is 0.417 e. The van der Waals surface area contributed by atoms with E-state index in [9.17, 15) is 22.8 Å². The van der Waals surface area contributed by atoms with Gasteiger partial charge in [-0.15, -0.1) is 0 Å². The highest BCUT2D eigenvalue weighted by molar-refractivity contribution is 6.00. The fourth-order valence-electron chi connectivity index (χ4n) is 2.64. The predicted molar refractivity (Wildman–Crippen MR) is 91.4 cm³/mol. The van der Waals surface area contributed by atoms with Crippen LogP contribution in [-0.2, 0) is 15.8 Å². The average molecular weight is 379 g/mol. The molecule has 1 aromatic carbocycles. The van der Waals surface area contributed by atoms with Crippen LogP contribution < -0.4 is 15.0 Å². The lowest BCUT2D eigenvalue weighted by Crippen LogP contribution is -2.45. The molecule has 142 valence electrons.